The molecule has 0 spiro atoms. The minimum absolute atomic E-state index is 0.313. The van der Waals surface area contributed by atoms with Gasteiger partial charge in [-0.05, 0) is 30.5 Å². The zero-order valence-electron chi connectivity index (χ0n) is 18.0. The van der Waals surface area contributed by atoms with E-state index in [0.717, 1.165) is 60.6 Å². The van der Waals surface area contributed by atoms with E-state index in [9.17, 15) is 4.79 Å². The lowest BCUT2D eigenvalue weighted by atomic mass is 10.1. The van der Waals surface area contributed by atoms with E-state index in [1.54, 1.807) is 0 Å². The van der Waals surface area contributed by atoms with Gasteiger partial charge in [0.2, 0.25) is 11.0 Å². The third-order valence-electron chi connectivity index (χ3n) is 5.60. The predicted octanol–water partition coefficient (Wildman–Crippen LogP) is 5.57. The Kier molecular flexibility index (Phi) is 9.40. The Hall–Kier alpha value is -1.66. The van der Waals surface area contributed by atoms with E-state index in [0.29, 0.717) is 18.7 Å². The van der Waals surface area contributed by atoms with Crippen molar-refractivity contribution in [2.75, 3.05) is 31.1 Å². The SMILES string of the molecule is CCCCCCCCC(=O)N1CCCN(c2nc(Cc3ccc(Cl)cc3)ns2)CC1. The molecule has 5 nitrogen and oxygen atoms in total. The fourth-order valence-corrected chi connectivity index (χ4v) is 4.67. The maximum absolute atomic E-state index is 12.6. The van der Waals surface area contributed by atoms with Gasteiger partial charge in [0.15, 0.2) is 0 Å². The summed E-state index contributed by atoms with van der Waals surface area (Å²) in [7, 11) is 0. The van der Waals surface area contributed by atoms with Gasteiger partial charge in [0.1, 0.15) is 5.82 Å². The van der Waals surface area contributed by atoms with Crippen LogP contribution in [0.3, 0.4) is 0 Å². The first-order chi connectivity index (χ1) is 14.7. The molecule has 1 amide bonds. The predicted molar refractivity (Wildman–Crippen MR) is 126 cm³/mol. The molecular formula is C23H33ClN4OS. The summed E-state index contributed by atoms with van der Waals surface area (Å²) in [4.78, 5) is 21.7. The van der Waals surface area contributed by atoms with E-state index in [-0.39, 0.29) is 0 Å². The second-order valence-electron chi connectivity index (χ2n) is 8.04. The monoisotopic (exact) mass is 448 g/mol. The zero-order valence-corrected chi connectivity index (χ0v) is 19.6. The van der Waals surface area contributed by atoms with Crippen molar-refractivity contribution >= 4 is 34.2 Å². The van der Waals surface area contributed by atoms with Gasteiger partial charge in [0.05, 0.1) is 0 Å². The average Bonchev–Trinajstić information content (AvgIpc) is 3.06. The van der Waals surface area contributed by atoms with Crippen LogP contribution in [0.4, 0.5) is 5.13 Å². The molecule has 0 bridgehead atoms. The van der Waals surface area contributed by atoms with Crippen molar-refractivity contribution in [3.05, 3.63) is 40.7 Å². The van der Waals surface area contributed by atoms with E-state index in [2.05, 4.69) is 16.2 Å². The number of unbranched alkanes of at least 4 members (excludes halogenated alkanes) is 5. The minimum Gasteiger partial charge on any atom is -0.345 e. The van der Waals surface area contributed by atoms with Crippen LogP contribution in [-0.4, -0.2) is 46.3 Å². The van der Waals surface area contributed by atoms with Crippen LogP contribution in [0.15, 0.2) is 24.3 Å². The van der Waals surface area contributed by atoms with Crippen LogP contribution in [0.1, 0.15) is 69.7 Å². The second kappa shape index (κ2) is 12.3. The molecule has 7 heteroatoms. The van der Waals surface area contributed by atoms with Gasteiger partial charge >= 0.3 is 0 Å². The van der Waals surface area contributed by atoms with E-state index in [4.69, 9.17) is 16.6 Å². The van der Waals surface area contributed by atoms with Gasteiger partial charge < -0.3 is 9.80 Å². The first kappa shape index (κ1) is 23.0. The largest absolute Gasteiger partial charge is 0.345 e. The first-order valence-corrected chi connectivity index (χ1v) is 12.4. The highest BCUT2D eigenvalue weighted by Gasteiger charge is 2.21. The maximum Gasteiger partial charge on any atom is 0.222 e. The van der Waals surface area contributed by atoms with E-state index >= 15 is 0 Å². The lowest BCUT2D eigenvalue weighted by Gasteiger charge is -2.21. The molecule has 0 unspecified atom stereocenters. The highest BCUT2D eigenvalue weighted by Crippen LogP contribution is 2.21. The topological polar surface area (TPSA) is 49.3 Å². The Morgan fingerprint density at radius 2 is 1.80 bits per heavy atom. The molecular weight excluding hydrogens is 416 g/mol. The third kappa shape index (κ3) is 7.24. The smallest absolute Gasteiger partial charge is 0.222 e. The molecule has 1 aromatic heterocycles. The molecule has 0 N–H and O–H groups in total. The van der Waals surface area contributed by atoms with Crippen LogP contribution >= 0.6 is 23.1 Å². The molecule has 3 rings (SSSR count). The molecule has 2 heterocycles. The Morgan fingerprint density at radius 3 is 2.60 bits per heavy atom. The van der Waals surface area contributed by atoms with Crippen molar-refractivity contribution in [1.29, 1.82) is 0 Å². The number of halogens is 1. The van der Waals surface area contributed by atoms with Crippen LogP contribution in [0.2, 0.25) is 5.02 Å². The molecule has 0 radical (unpaired) electrons. The number of rotatable bonds is 10. The number of amides is 1. The van der Waals surface area contributed by atoms with Gasteiger partial charge in [-0.3, -0.25) is 4.79 Å². The number of aromatic nitrogens is 2. The quantitative estimate of drug-likeness (QED) is 0.445. The molecule has 1 fully saturated rings. The van der Waals surface area contributed by atoms with Crippen LogP contribution < -0.4 is 4.90 Å². The lowest BCUT2D eigenvalue weighted by molar-refractivity contribution is -0.131. The number of benzene rings is 1. The number of hydrogen-bond donors (Lipinski definition) is 0. The third-order valence-corrected chi connectivity index (χ3v) is 6.66. The van der Waals surface area contributed by atoms with Crippen molar-refractivity contribution in [3.8, 4) is 0 Å². The molecule has 1 aliphatic rings. The van der Waals surface area contributed by atoms with Crippen LogP contribution in [-0.2, 0) is 11.2 Å². The number of anilines is 1. The van der Waals surface area contributed by atoms with Gasteiger partial charge in [-0.25, -0.2) is 4.98 Å². The van der Waals surface area contributed by atoms with E-state index in [1.807, 2.05) is 29.2 Å². The molecule has 1 aromatic carbocycles. The molecule has 2 aromatic rings. The Labute approximate surface area is 189 Å². The van der Waals surface area contributed by atoms with Crippen molar-refractivity contribution in [2.45, 2.75) is 64.7 Å². The summed E-state index contributed by atoms with van der Waals surface area (Å²) in [5.74, 6) is 1.16. The molecule has 30 heavy (non-hydrogen) atoms. The Morgan fingerprint density at radius 1 is 1.03 bits per heavy atom. The summed E-state index contributed by atoms with van der Waals surface area (Å²) < 4.78 is 4.54. The van der Waals surface area contributed by atoms with Crippen molar-refractivity contribution in [3.63, 3.8) is 0 Å². The number of carbonyl (C=O) groups is 1. The standard InChI is InChI=1S/C23H33ClN4OS/c1-2-3-4-5-6-7-9-22(29)27-14-8-15-28(17-16-27)23-25-21(26-30-23)18-19-10-12-20(24)13-11-19/h10-13H,2-9,14-18H2,1H3. The second-order valence-corrected chi connectivity index (χ2v) is 9.20. The minimum atomic E-state index is 0.313. The van der Waals surface area contributed by atoms with Gasteiger partial charge in [-0.1, -0.05) is 62.8 Å². The summed E-state index contributed by atoms with van der Waals surface area (Å²) in [6.45, 7) is 5.62. The molecule has 1 aliphatic heterocycles. The first-order valence-electron chi connectivity index (χ1n) is 11.3. The molecule has 0 aliphatic carbocycles. The summed E-state index contributed by atoms with van der Waals surface area (Å²) >= 11 is 7.42. The number of hydrogen-bond acceptors (Lipinski definition) is 5. The Bertz CT molecular complexity index is 780. The fourth-order valence-electron chi connectivity index (χ4n) is 3.80. The van der Waals surface area contributed by atoms with E-state index in [1.165, 1.54) is 43.6 Å². The average molecular weight is 449 g/mol. The van der Waals surface area contributed by atoms with Crippen molar-refractivity contribution in [2.24, 2.45) is 0 Å². The molecule has 164 valence electrons. The van der Waals surface area contributed by atoms with Crippen LogP contribution in [0.25, 0.3) is 0 Å². The van der Waals surface area contributed by atoms with Gasteiger partial charge in [0.25, 0.3) is 0 Å². The summed E-state index contributed by atoms with van der Waals surface area (Å²) in [6, 6.07) is 7.83. The van der Waals surface area contributed by atoms with Crippen molar-refractivity contribution < 1.29 is 4.79 Å². The summed E-state index contributed by atoms with van der Waals surface area (Å²) in [5, 5.41) is 1.70. The van der Waals surface area contributed by atoms with Crippen LogP contribution in [0, 0.1) is 0 Å². The normalized spacial score (nSPS) is 14.7. The molecule has 0 saturated carbocycles. The molecule has 1 saturated heterocycles. The van der Waals surface area contributed by atoms with E-state index < -0.39 is 0 Å². The van der Waals surface area contributed by atoms with Gasteiger partial charge in [0, 0.05) is 55.6 Å². The van der Waals surface area contributed by atoms with Crippen LogP contribution in [0.5, 0.6) is 0 Å². The number of nitrogens with zero attached hydrogens (tertiary/aromatic N) is 4. The number of carbonyl (C=O) groups excluding carboxylic acids is 1. The summed E-state index contributed by atoms with van der Waals surface area (Å²) in [6.07, 6.45) is 9.70. The van der Waals surface area contributed by atoms with Gasteiger partial charge in [-0.15, -0.1) is 0 Å². The lowest BCUT2D eigenvalue weighted by Crippen LogP contribution is -2.35. The molecule has 0 atom stereocenters. The Balaban J connectivity index is 1.44. The summed E-state index contributed by atoms with van der Waals surface area (Å²) in [5.41, 5.74) is 1.16. The highest BCUT2D eigenvalue weighted by molar-refractivity contribution is 7.09. The maximum atomic E-state index is 12.6. The highest BCUT2D eigenvalue weighted by atomic mass is 35.5. The van der Waals surface area contributed by atoms with Gasteiger partial charge in [-0.2, -0.15) is 4.37 Å². The fraction of sp³-hybridized carbons (Fsp3) is 0.609. The zero-order chi connectivity index (χ0) is 21.2. The van der Waals surface area contributed by atoms with Crippen molar-refractivity contribution in [1.82, 2.24) is 14.3 Å².